The van der Waals surface area contributed by atoms with Crippen LogP contribution in [0, 0.1) is 0 Å². The van der Waals surface area contributed by atoms with Crippen molar-refractivity contribution in [1.82, 2.24) is 9.55 Å². The molecule has 0 fully saturated rings. The Morgan fingerprint density at radius 3 is 2.75 bits per heavy atom. The number of aliphatic hydroxyl groups is 1. The maximum absolute atomic E-state index is 12.5. The Morgan fingerprint density at radius 1 is 1.30 bits per heavy atom. The quantitative estimate of drug-likeness (QED) is 0.505. The second-order valence-corrected chi connectivity index (χ2v) is 6.02. The number of aromatic nitrogens is 2. The van der Waals surface area contributed by atoms with Gasteiger partial charge in [0.15, 0.2) is 5.16 Å². The van der Waals surface area contributed by atoms with Gasteiger partial charge in [0.25, 0.3) is 5.56 Å². The zero-order valence-electron chi connectivity index (χ0n) is 11.9. The molecule has 4 nitrogen and oxygen atoms in total. The van der Waals surface area contributed by atoms with Crippen molar-refractivity contribution in [2.45, 2.75) is 37.9 Å². The van der Waals surface area contributed by atoms with Gasteiger partial charge in [0, 0.05) is 18.4 Å². The van der Waals surface area contributed by atoms with Crippen molar-refractivity contribution in [2.75, 3.05) is 12.4 Å². The normalized spacial score (nSPS) is 11.4. The van der Waals surface area contributed by atoms with Gasteiger partial charge in [-0.25, -0.2) is 4.98 Å². The van der Waals surface area contributed by atoms with E-state index in [4.69, 9.17) is 5.11 Å². The Kier molecular flexibility index (Phi) is 5.20. The van der Waals surface area contributed by atoms with Crippen molar-refractivity contribution in [3.8, 4) is 0 Å². The number of thioether (sulfide) groups is 1. The van der Waals surface area contributed by atoms with E-state index in [1.807, 2.05) is 38.1 Å². The molecule has 0 unspecified atom stereocenters. The smallest absolute Gasteiger partial charge is 0.262 e. The molecule has 0 atom stereocenters. The second-order valence-electron chi connectivity index (χ2n) is 4.96. The third-order valence-corrected chi connectivity index (χ3v) is 4.11. The molecule has 2 rings (SSSR count). The molecule has 0 aliphatic carbocycles. The van der Waals surface area contributed by atoms with Crippen LogP contribution in [0.4, 0.5) is 0 Å². The van der Waals surface area contributed by atoms with Crippen molar-refractivity contribution in [2.24, 2.45) is 0 Å². The van der Waals surface area contributed by atoms with E-state index in [1.54, 1.807) is 16.3 Å². The largest absolute Gasteiger partial charge is 0.396 e. The number of hydrogen-bond acceptors (Lipinski definition) is 4. The summed E-state index contributed by atoms with van der Waals surface area (Å²) in [6.07, 6.45) is 1.70. The van der Waals surface area contributed by atoms with Crippen LogP contribution < -0.4 is 5.56 Å². The first-order chi connectivity index (χ1) is 9.65. The number of benzene rings is 1. The molecular weight excluding hydrogens is 272 g/mol. The average molecular weight is 292 g/mol. The molecule has 0 aliphatic rings. The topological polar surface area (TPSA) is 55.1 Å². The molecule has 20 heavy (non-hydrogen) atoms. The molecule has 5 heteroatoms. The third kappa shape index (κ3) is 3.22. The molecule has 0 bridgehead atoms. The summed E-state index contributed by atoms with van der Waals surface area (Å²) in [5.41, 5.74) is 0.773. The van der Waals surface area contributed by atoms with Crippen LogP contribution in [0.15, 0.2) is 34.2 Å². The van der Waals surface area contributed by atoms with E-state index in [9.17, 15) is 4.79 Å². The van der Waals surface area contributed by atoms with Gasteiger partial charge in [-0.15, -0.1) is 0 Å². The van der Waals surface area contributed by atoms with E-state index < -0.39 is 0 Å². The first kappa shape index (κ1) is 15.1. The lowest BCUT2D eigenvalue weighted by molar-refractivity contribution is 0.287. The minimum atomic E-state index is 0.0234. The molecule has 1 N–H and O–H groups in total. The highest BCUT2D eigenvalue weighted by Gasteiger charge is 2.13. The highest BCUT2D eigenvalue weighted by atomic mass is 32.2. The minimum Gasteiger partial charge on any atom is -0.396 e. The molecule has 1 aromatic heterocycles. The summed E-state index contributed by atoms with van der Waals surface area (Å²) in [6.45, 7) is 4.20. The lowest BCUT2D eigenvalue weighted by Gasteiger charge is -2.15. The molecule has 0 aliphatic heterocycles. The summed E-state index contributed by atoms with van der Waals surface area (Å²) in [6, 6.07) is 7.54. The van der Waals surface area contributed by atoms with E-state index >= 15 is 0 Å². The monoisotopic (exact) mass is 292 g/mol. The first-order valence-electron chi connectivity index (χ1n) is 6.90. The van der Waals surface area contributed by atoms with Gasteiger partial charge in [-0.05, 0) is 38.8 Å². The van der Waals surface area contributed by atoms with E-state index in [2.05, 4.69) is 4.98 Å². The number of hydrogen-bond donors (Lipinski definition) is 1. The molecule has 1 aromatic carbocycles. The van der Waals surface area contributed by atoms with Gasteiger partial charge < -0.3 is 5.11 Å². The SMILES string of the molecule is CC(C)n1c(SCCCCO)nc2ccccc2c1=O. The summed E-state index contributed by atoms with van der Waals surface area (Å²) >= 11 is 1.59. The van der Waals surface area contributed by atoms with Crippen LogP contribution in [0.5, 0.6) is 0 Å². The highest BCUT2D eigenvalue weighted by molar-refractivity contribution is 7.99. The van der Waals surface area contributed by atoms with Gasteiger partial charge in [0.05, 0.1) is 10.9 Å². The van der Waals surface area contributed by atoms with Crippen LogP contribution in [-0.4, -0.2) is 27.0 Å². The fourth-order valence-corrected chi connectivity index (χ4v) is 3.19. The Morgan fingerprint density at radius 2 is 2.05 bits per heavy atom. The fraction of sp³-hybridized carbons (Fsp3) is 0.467. The number of fused-ring (bicyclic) bond motifs is 1. The first-order valence-corrected chi connectivity index (χ1v) is 7.88. The standard InChI is InChI=1S/C15H20N2O2S/c1-11(2)17-14(19)12-7-3-4-8-13(12)16-15(17)20-10-6-5-9-18/h3-4,7-8,11,18H,5-6,9-10H2,1-2H3. The van der Waals surface area contributed by atoms with Crippen LogP contribution in [0.3, 0.4) is 0 Å². The predicted molar refractivity (Wildman–Crippen MR) is 83.4 cm³/mol. The maximum Gasteiger partial charge on any atom is 0.262 e. The van der Waals surface area contributed by atoms with Crippen molar-refractivity contribution < 1.29 is 5.11 Å². The zero-order chi connectivity index (χ0) is 14.5. The second kappa shape index (κ2) is 6.90. The van der Waals surface area contributed by atoms with Gasteiger partial charge in [-0.1, -0.05) is 23.9 Å². The molecule has 2 aromatic rings. The maximum atomic E-state index is 12.5. The van der Waals surface area contributed by atoms with Crippen molar-refractivity contribution in [3.63, 3.8) is 0 Å². The lowest BCUT2D eigenvalue weighted by Crippen LogP contribution is -2.25. The van der Waals surface area contributed by atoms with Crippen molar-refractivity contribution in [3.05, 3.63) is 34.6 Å². The molecule has 0 saturated heterocycles. The summed E-state index contributed by atoms with van der Waals surface area (Å²) in [4.78, 5) is 17.2. The predicted octanol–water partition coefficient (Wildman–Crippen LogP) is 2.84. The number of unbranched alkanes of at least 4 members (excludes halogenated alkanes) is 1. The Labute approximate surface area is 122 Å². The number of rotatable bonds is 6. The number of aliphatic hydroxyl groups excluding tert-OH is 1. The fourth-order valence-electron chi connectivity index (χ4n) is 2.06. The molecule has 0 radical (unpaired) electrons. The molecule has 1 heterocycles. The summed E-state index contributed by atoms with van der Waals surface area (Å²) in [5.74, 6) is 0.859. The van der Waals surface area contributed by atoms with Crippen LogP contribution in [0.1, 0.15) is 32.7 Å². The Hall–Kier alpha value is -1.33. The molecular formula is C15H20N2O2S. The lowest BCUT2D eigenvalue weighted by atomic mass is 10.2. The van der Waals surface area contributed by atoms with Crippen LogP contribution >= 0.6 is 11.8 Å². The minimum absolute atomic E-state index is 0.0234. The van der Waals surface area contributed by atoms with E-state index in [0.717, 1.165) is 29.3 Å². The van der Waals surface area contributed by atoms with Crippen LogP contribution in [0.2, 0.25) is 0 Å². The molecule has 108 valence electrons. The number of nitrogens with zero attached hydrogens (tertiary/aromatic N) is 2. The average Bonchev–Trinajstić information content (AvgIpc) is 2.43. The van der Waals surface area contributed by atoms with Gasteiger partial charge in [0.2, 0.25) is 0 Å². The molecule has 0 spiro atoms. The summed E-state index contributed by atoms with van der Waals surface area (Å²) in [7, 11) is 0. The van der Waals surface area contributed by atoms with Crippen molar-refractivity contribution >= 4 is 22.7 Å². The Bertz CT molecular complexity index is 637. The van der Waals surface area contributed by atoms with E-state index in [0.29, 0.717) is 5.39 Å². The third-order valence-electron chi connectivity index (χ3n) is 3.08. The molecule has 0 amide bonds. The molecule has 0 saturated carbocycles. The van der Waals surface area contributed by atoms with E-state index in [1.165, 1.54) is 0 Å². The number of para-hydroxylation sites is 1. The van der Waals surface area contributed by atoms with Crippen LogP contribution in [0.25, 0.3) is 10.9 Å². The summed E-state index contributed by atoms with van der Waals surface area (Å²) in [5, 5.41) is 10.2. The van der Waals surface area contributed by atoms with Gasteiger partial charge in [-0.3, -0.25) is 9.36 Å². The zero-order valence-corrected chi connectivity index (χ0v) is 12.7. The van der Waals surface area contributed by atoms with E-state index in [-0.39, 0.29) is 18.2 Å². The van der Waals surface area contributed by atoms with Crippen LogP contribution in [-0.2, 0) is 0 Å². The highest BCUT2D eigenvalue weighted by Crippen LogP contribution is 2.21. The van der Waals surface area contributed by atoms with Gasteiger partial charge >= 0.3 is 0 Å². The summed E-state index contributed by atoms with van der Waals surface area (Å²) < 4.78 is 1.76. The van der Waals surface area contributed by atoms with Crippen molar-refractivity contribution in [1.29, 1.82) is 0 Å². The van der Waals surface area contributed by atoms with Gasteiger partial charge in [-0.2, -0.15) is 0 Å². The van der Waals surface area contributed by atoms with Gasteiger partial charge in [0.1, 0.15) is 0 Å². The Balaban J connectivity index is 2.41.